The Morgan fingerprint density at radius 3 is 2.75 bits per heavy atom. The highest BCUT2D eigenvalue weighted by Gasteiger charge is 2.34. The predicted molar refractivity (Wildman–Crippen MR) is 49.9 cm³/mol. The van der Waals surface area contributed by atoms with Crippen molar-refractivity contribution in [1.29, 1.82) is 0 Å². The standard InChI is InChI=1S/C8H4F3N5/c9-8(10,11)7-13-5-2-1-4(15-16-12)3-6(5)14-7/h1-3H,(H,13,14). The minimum absolute atomic E-state index is 0.171. The summed E-state index contributed by atoms with van der Waals surface area (Å²) >= 11 is 0. The van der Waals surface area contributed by atoms with Crippen LogP contribution in [0.3, 0.4) is 0 Å². The molecule has 0 unspecified atom stereocenters. The molecule has 1 aromatic heterocycles. The second-order valence-corrected chi connectivity index (χ2v) is 2.97. The molecule has 2 rings (SSSR count). The van der Waals surface area contributed by atoms with Crippen LogP contribution in [0.25, 0.3) is 21.5 Å². The Labute approximate surface area is 86.5 Å². The number of azide groups is 1. The van der Waals surface area contributed by atoms with Crippen molar-refractivity contribution >= 4 is 16.7 Å². The van der Waals surface area contributed by atoms with Gasteiger partial charge in [0.1, 0.15) is 0 Å². The molecule has 0 radical (unpaired) electrons. The third kappa shape index (κ3) is 1.78. The normalized spacial score (nSPS) is 11.4. The summed E-state index contributed by atoms with van der Waals surface area (Å²) in [6.45, 7) is 0. The number of halogens is 3. The topological polar surface area (TPSA) is 77.4 Å². The van der Waals surface area contributed by atoms with Crippen molar-refractivity contribution in [3.63, 3.8) is 0 Å². The van der Waals surface area contributed by atoms with Gasteiger partial charge in [0, 0.05) is 10.6 Å². The first kappa shape index (κ1) is 10.3. The average molecular weight is 227 g/mol. The number of benzene rings is 1. The van der Waals surface area contributed by atoms with E-state index >= 15 is 0 Å². The fourth-order valence-corrected chi connectivity index (χ4v) is 1.25. The van der Waals surface area contributed by atoms with Crippen molar-refractivity contribution in [2.24, 2.45) is 5.11 Å². The van der Waals surface area contributed by atoms with Crippen LogP contribution < -0.4 is 0 Å². The summed E-state index contributed by atoms with van der Waals surface area (Å²) in [5.41, 5.74) is 8.76. The number of hydrogen-bond donors (Lipinski definition) is 1. The molecule has 8 heteroatoms. The van der Waals surface area contributed by atoms with E-state index in [-0.39, 0.29) is 16.7 Å². The number of aromatic amines is 1. The van der Waals surface area contributed by atoms with Gasteiger partial charge in [-0.2, -0.15) is 13.2 Å². The minimum Gasteiger partial charge on any atom is -0.334 e. The quantitative estimate of drug-likeness (QED) is 0.451. The highest BCUT2D eigenvalue weighted by molar-refractivity contribution is 5.78. The van der Waals surface area contributed by atoms with Crippen molar-refractivity contribution in [2.75, 3.05) is 0 Å². The summed E-state index contributed by atoms with van der Waals surface area (Å²) < 4.78 is 36.9. The van der Waals surface area contributed by atoms with E-state index in [9.17, 15) is 13.2 Å². The Balaban J connectivity index is 2.58. The van der Waals surface area contributed by atoms with Gasteiger partial charge in [-0.3, -0.25) is 0 Å². The van der Waals surface area contributed by atoms with Crippen LogP contribution in [0.5, 0.6) is 0 Å². The van der Waals surface area contributed by atoms with E-state index in [0.29, 0.717) is 0 Å². The van der Waals surface area contributed by atoms with E-state index in [1.54, 1.807) is 0 Å². The van der Waals surface area contributed by atoms with Gasteiger partial charge < -0.3 is 4.98 Å². The van der Waals surface area contributed by atoms with Gasteiger partial charge in [-0.05, 0) is 17.7 Å². The second-order valence-electron chi connectivity index (χ2n) is 2.97. The lowest BCUT2D eigenvalue weighted by Gasteiger charge is -1.98. The lowest BCUT2D eigenvalue weighted by Crippen LogP contribution is -2.06. The molecule has 2 aromatic rings. The molecule has 0 atom stereocenters. The van der Waals surface area contributed by atoms with Gasteiger partial charge in [0.2, 0.25) is 5.82 Å². The van der Waals surface area contributed by atoms with Crippen LogP contribution in [0.15, 0.2) is 23.3 Å². The SMILES string of the molecule is [N-]=[N+]=Nc1ccc2nc(C(F)(F)F)[nH]c2c1. The molecule has 16 heavy (non-hydrogen) atoms. The van der Waals surface area contributed by atoms with Crippen molar-refractivity contribution < 1.29 is 13.2 Å². The first-order valence-electron chi connectivity index (χ1n) is 4.13. The summed E-state index contributed by atoms with van der Waals surface area (Å²) in [5, 5.41) is 3.28. The van der Waals surface area contributed by atoms with Crippen LogP contribution in [-0.2, 0) is 6.18 Å². The molecule has 82 valence electrons. The van der Waals surface area contributed by atoms with Crippen molar-refractivity contribution in [2.45, 2.75) is 6.18 Å². The van der Waals surface area contributed by atoms with Crippen molar-refractivity contribution in [3.8, 4) is 0 Å². The molecule has 1 heterocycles. The average Bonchev–Trinajstić information content (AvgIpc) is 2.60. The van der Waals surface area contributed by atoms with E-state index in [1.807, 2.05) is 0 Å². The molecule has 5 nitrogen and oxygen atoms in total. The highest BCUT2D eigenvalue weighted by Crippen LogP contribution is 2.29. The number of imidazole rings is 1. The van der Waals surface area contributed by atoms with E-state index in [2.05, 4.69) is 20.0 Å². The van der Waals surface area contributed by atoms with Gasteiger partial charge in [-0.1, -0.05) is 11.2 Å². The number of nitrogens with zero attached hydrogens (tertiary/aromatic N) is 4. The molecule has 1 N–H and O–H groups in total. The zero-order chi connectivity index (χ0) is 11.8. The molecule has 0 amide bonds. The van der Waals surface area contributed by atoms with Crippen LogP contribution in [0, 0.1) is 0 Å². The summed E-state index contributed by atoms with van der Waals surface area (Å²) in [4.78, 5) is 8.02. The molecule has 0 aliphatic rings. The Bertz CT molecular complexity index is 579. The Morgan fingerprint density at radius 1 is 1.38 bits per heavy atom. The lowest BCUT2D eigenvalue weighted by atomic mass is 10.3. The van der Waals surface area contributed by atoms with Gasteiger partial charge in [0.05, 0.1) is 11.0 Å². The lowest BCUT2D eigenvalue weighted by molar-refractivity contribution is -0.144. The fraction of sp³-hybridized carbons (Fsp3) is 0.125. The van der Waals surface area contributed by atoms with Crippen LogP contribution in [-0.4, -0.2) is 9.97 Å². The molecule has 0 saturated heterocycles. The van der Waals surface area contributed by atoms with Gasteiger partial charge in [-0.25, -0.2) is 4.98 Å². The molecule has 0 saturated carbocycles. The number of hydrogen-bond acceptors (Lipinski definition) is 2. The summed E-state index contributed by atoms with van der Waals surface area (Å²) in [7, 11) is 0. The van der Waals surface area contributed by atoms with Crippen LogP contribution >= 0.6 is 0 Å². The van der Waals surface area contributed by atoms with Crippen LogP contribution in [0.1, 0.15) is 5.82 Å². The summed E-state index contributed by atoms with van der Waals surface area (Å²) in [5.74, 6) is -1.07. The second kappa shape index (κ2) is 3.42. The first-order valence-corrected chi connectivity index (χ1v) is 4.13. The number of fused-ring (bicyclic) bond motifs is 1. The third-order valence-electron chi connectivity index (χ3n) is 1.89. The maximum atomic E-state index is 12.3. The van der Waals surface area contributed by atoms with Gasteiger partial charge in [0.15, 0.2) is 0 Å². The van der Waals surface area contributed by atoms with E-state index < -0.39 is 12.0 Å². The molecule has 0 bridgehead atoms. The van der Waals surface area contributed by atoms with Gasteiger partial charge >= 0.3 is 6.18 Å². The molecular weight excluding hydrogens is 223 g/mol. The monoisotopic (exact) mass is 227 g/mol. The van der Waals surface area contributed by atoms with Crippen LogP contribution in [0.4, 0.5) is 18.9 Å². The smallest absolute Gasteiger partial charge is 0.334 e. The number of alkyl halides is 3. The molecule has 1 aromatic carbocycles. The largest absolute Gasteiger partial charge is 0.449 e. The number of nitrogens with one attached hydrogen (secondary N) is 1. The number of rotatable bonds is 1. The molecule has 0 spiro atoms. The fourth-order valence-electron chi connectivity index (χ4n) is 1.25. The van der Waals surface area contributed by atoms with E-state index in [0.717, 1.165) is 0 Å². The van der Waals surface area contributed by atoms with Crippen molar-refractivity contribution in [1.82, 2.24) is 9.97 Å². The molecular formula is C8H4F3N5. The summed E-state index contributed by atoms with van der Waals surface area (Å²) in [6, 6.07) is 4.05. The zero-order valence-electron chi connectivity index (χ0n) is 7.65. The third-order valence-corrected chi connectivity index (χ3v) is 1.89. The number of H-pyrrole nitrogens is 1. The zero-order valence-corrected chi connectivity index (χ0v) is 7.65. The molecule has 0 aliphatic heterocycles. The Morgan fingerprint density at radius 2 is 2.12 bits per heavy atom. The Hall–Kier alpha value is -2.21. The molecule has 0 fully saturated rings. The van der Waals surface area contributed by atoms with Gasteiger partial charge in [-0.15, -0.1) is 0 Å². The maximum Gasteiger partial charge on any atom is 0.449 e. The van der Waals surface area contributed by atoms with Gasteiger partial charge in [0.25, 0.3) is 0 Å². The maximum absolute atomic E-state index is 12.3. The Kier molecular flexibility index (Phi) is 2.21. The van der Waals surface area contributed by atoms with Crippen molar-refractivity contribution in [3.05, 3.63) is 34.5 Å². The van der Waals surface area contributed by atoms with Crippen LogP contribution in [0.2, 0.25) is 0 Å². The minimum atomic E-state index is -4.52. The number of aromatic nitrogens is 2. The molecule has 0 aliphatic carbocycles. The first-order chi connectivity index (χ1) is 7.50. The predicted octanol–water partition coefficient (Wildman–Crippen LogP) is 3.52. The van der Waals surface area contributed by atoms with E-state index in [1.165, 1.54) is 18.2 Å². The van der Waals surface area contributed by atoms with E-state index in [4.69, 9.17) is 5.53 Å². The summed E-state index contributed by atoms with van der Waals surface area (Å²) in [6.07, 6.45) is -4.52. The highest BCUT2D eigenvalue weighted by atomic mass is 19.4.